The third-order valence-corrected chi connectivity index (χ3v) is 8.26. The summed E-state index contributed by atoms with van der Waals surface area (Å²) in [5.74, 6) is 1.28. The first-order valence-electron chi connectivity index (χ1n) is 12.1. The van der Waals surface area contributed by atoms with Gasteiger partial charge in [-0.15, -0.1) is 0 Å². The number of hydrogen-bond donors (Lipinski definition) is 1. The average Bonchev–Trinajstić information content (AvgIpc) is 2.90. The minimum absolute atomic E-state index is 0.0982. The van der Waals surface area contributed by atoms with E-state index in [1.165, 1.54) is 23.5 Å². The molecule has 1 aliphatic heterocycles. The van der Waals surface area contributed by atoms with Gasteiger partial charge in [-0.05, 0) is 79.4 Å². The molecular formula is C28H32N2O6S. The first-order chi connectivity index (χ1) is 17.7. The van der Waals surface area contributed by atoms with Crippen LogP contribution in [0.25, 0.3) is 0 Å². The van der Waals surface area contributed by atoms with Gasteiger partial charge in [-0.25, -0.2) is 8.42 Å². The molecule has 1 heterocycles. The number of aryl methyl sites for hydroxylation is 2. The number of hydrogen-bond acceptors (Lipinski definition) is 6. The van der Waals surface area contributed by atoms with Crippen molar-refractivity contribution in [3.8, 4) is 17.2 Å². The lowest BCUT2D eigenvalue weighted by Crippen LogP contribution is -2.51. The van der Waals surface area contributed by atoms with Crippen LogP contribution in [0.2, 0.25) is 0 Å². The van der Waals surface area contributed by atoms with Crippen LogP contribution in [0.1, 0.15) is 36.1 Å². The fourth-order valence-corrected chi connectivity index (χ4v) is 5.88. The number of carbonyl (C=O) groups excluding carboxylic acids is 1. The normalized spacial score (nSPS) is 15.8. The second-order valence-corrected chi connectivity index (χ2v) is 10.9. The van der Waals surface area contributed by atoms with Gasteiger partial charge in [0.2, 0.25) is 0 Å². The smallest absolute Gasteiger partial charge is 0.264 e. The van der Waals surface area contributed by atoms with Gasteiger partial charge in [0.25, 0.3) is 15.9 Å². The lowest BCUT2D eigenvalue weighted by Gasteiger charge is -2.35. The van der Waals surface area contributed by atoms with Gasteiger partial charge in [-0.3, -0.25) is 9.10 Å². The highest BCUT2D eigenvalue weighted by Crippen LogP contribution is 2.38. The first-order valence-corrected chi connectivity index (χ1v) is 13.5. The van der Waals surface area contributed by atoms with Crippen molar-refractivity contribution in [2.75, 3.05) is 25.1 Å². The number of fused-ring (bicyclic) bond motifs is 1. The molecule has 8 nitrogen and oxygen atoms in total. The van der Waals surface area contributed by atoms with E-state index in [-0.39, 0.29) is 23.4 Å². The van der Waals surface area contributed by atoms with E-state index in [1.807, 2.05) is 45.0 Å². The van der Waals surface area contributed by atoms with Crippen molar-refractivity contribution in [1.82, 2.24) is 5.32 Å². The zero-order chi connectivity index (χ0) is 26.7. The number of anilines is 1. The highest BCUT2D eigenvalue weighted by atomic mass is 32.2. The summed E-state index contributed by atoms with van der Waals surface area (Å²) < 4.78 is 45.2. The van der Waals surface area contributed by atoms with Crippen molar-refractivity contribution >= 4 is 21.6 Å². The van der Waals surface area contributed by atoms with Gasteiger partial charge in [0.1, 0.15) is 17.2 Å². The largest absolute Gasteiger partial charge is 0.497 e. The predicted molar refractivity (Wildman–Crippen MR) is 142 cm³/mol. The number of nitrogens with zero attached hydrogens (tertiary/aromatic N) is 1. The molecule has 4 rings (SSSR count). The van der Waals surface area contributed by atoms with Crippen molar-refractivity contribution in [3.63, 3.8) is 0 Å². The molecule has 0 bridgehead atoms. The molecule has 9 heteroatoms. The third-order valence-electron chi connectivity index (χ3n) is 6.47. The molecule has 3 aromatic rings. The Morgan fingerprint density at radius 1 is 1.05 bits per heavy atom. The Balaban J connectivity index is 1.64. The fourth-order valence-electron chi connectivity index (χ4n) is 4.40. The number of nitrogens with one attached hydrogen (secondary N) is 1. The number of amides is 1. The third kappa shape index (κ3) is 5.36. The molecule has 1 N–H and O–H groups in total. The quantitative estimate of drug-likeness (QED) is 0.465. The summed E-state index contributed by atoms with van der Waals surface area (Å²) in [6, 6.07) is 16.9. The van der Waals surface area contributed by atoms with Crippen LogP contribution in [0.3, 0.4) is 0 Å². The first kappa shape index (κ1) is 26.3. The van der Waals surface area contributed by atoms with Crippen LogP contribution < -0.4 is 23.8 Å². The number of rotatable bonds is 8. The summed E-state index contributed by atoms with van der Waals surface area (Å²) in [7, 11) is -0.840. The Morgan fingerprint density at radius 2 is 1.78 bits per heavy atom. The monoisotopic (exact) mass is 524 g/mol. The van der Waals surface area contributed by atoms with E-state index in [0.717, 1.165) is 22.4 Å². The summed E-state index contributed by atoms with van der Waals surface area (Å²) in [4.78, 5) is 13.5. The molecule has 37 heavy (non-hydrogen) atoms. The SMILES string of the molecule is CC[C@H](NC(=O)[C@@H]1CN(S(=O)(=O)c2ccc(OC)cc2)c2ccc(C)cc2O1)c1ccc(OC)c(C)c1. The van der Waals surface area contributed by atoms with E-state index >= 15 is 0 Å². The Labute approximate surface area is 218 Å². The van der Waals surface area contributed by atoms with Crippen LogP contribution in [-0.4, -0.2) is 41.2 Å². The second-order valence-electron chi connectivity index (χ2n) is 8.99. The Hall–Kier alpha value is -3.72. The molecule has 0 fully saturated rings. The molecule has 0 unspecified atom stereocenters. The molecule has 1 aliphatic rings. The zero-order valence-electron chi connectivity index (χ0n) is 21.6. The number of benzene rings is 3. The van der Waals surface area contributed by atoms with E-state index < -0.39 is 16.1 Å². The van der Waals surface area contributed by atoms with Gasteiger partial charge in [0.15, 0.2) is 6.10 Å². The molecule has 2 atom stereocenters. The number of methoxy groups -OCH3 is 2. The summed E-state index contributed by atoms with van der Waals surface area (Å²) in [5, 5.41) is 3.05. The number of sulfonamides is 1. The van der Waals surface area contributed by atoms with Gasteiger partial charge in [-0.2, -0.15) is 0 Å². The Kier molecular flexibility index (Phi) is 7.63. The molecular weight excluding hydrogens is 492 g/mol. The van der Waals surface area contributed by atoms with Crippen LogP contribution in [0, 0.1) is 13.8 Å². The molecule has 0 saturated carbocycles. The average molecular weight is 525 g/mol. The summed E-state index contributed by atoms with van der Waals surface area (Å²) >= 11 is 0. The molecule has 0 aromatic heterocycles. The number of ether oxygens (including phenoxy) is 3. The number of carbonyl (C=O) groups is 1. The van der Waals surface area contributed by atoms with Crippen LogP contribution in [0.15, 0.2) is 65.6 Å². The van der Waals surface area contributed by atoms with Gasteiger partial charge in [0, 0.05) is 0 Å². The maximum Gasteiger partial charge on any atom is 0.264 e. The summed E-state index contributed by atoms with van der Waals surface area (Å²) in [6.45, 7) is 5.65. The zero-order valence-corrected chi connectivity index (χ0v) is 22.5. The van der Waals surface area contributed by atoms with Crippen LogP contribution >= 0.6 is 0 Å². The van der Waals surface area contributed by atoms with E-state index in [1.54, 1.807) is 31.4 Å². The van der Waals surface area contributed by atoms with Crippen molar-refractivity contribution in [1.29, 1.82) is 0 Å². The minimum Gasteiger partial charge on any atom is -0.497 e. The fraction of sp³-hybridized carbons (Fsp3) is 0.321. The van der Waals surface area contributed by atoms with E-state index in [2.05, 4.69) is 5.32 Å². The highest BCUT2D eigenvalue weighted by Gasteiger charge is 2.38. The van der Waals surface area contributed by atoms with E-state index in [4.69, 9.17) is 14.2 Å². The van der Waals surface area contributed by atoms with Crippen molar-refractivity contribution < 1.29 is 27.4 Å². The van der Waals surface area contributed by atoms with Crippen molar-refractivity contribution in [2.24, 2.45) is 0 Å². The summed E-state index contributed by atoms with van der Waals surface area (Å²) in [5.41, 5.74) is 3.18. The maximum atomic E-state index is 13.7. The van der Waals surface area contributed by atoms with Gasteiger partial charge < -0.3 is 19.5 Å². The van der Waals surface area contributed by atoms with Gasteiger partial charge in [0.05, 0.1) is 37.4 Å². The Morgan fingerprint density at radius 3 is 2.41 bits per heavy atom. The maximum absolute atomic E-state index is 13.7. The molecule has 196 valence electrons. The van der Waals surface area contributed by atoms with Crippen LogP contribution in [-0.2, 0) is 14.8 Å². The molecule has 1 amide bonds. The topological polar surface area (TPSA) is 94.2 Å². The summed E-state index contributed by atoms with van der Waals surface area (Å²) in [6.07, 6.45) is -0.385. The van der Waals surface area contributed by atoms with E-state index in [0.29, 0.717) is 23.6 Å². The second kappa shape index (κ2) is 10.7. The molecule has 0 spiro atoms. The lowest BCUT2D eigenvalue weighted by molar-refractivity contribution is -0.128. The lowest BCUT2D eigenvalue weighted by atomic mass is 10.0. The van der Waals surface area contributed by atoms with Gasteiger partial charge in [-0.1, -0.05) is 25.1 Å². The standard InChI is InChI=1S/C28H32N2O6S/c1-6-23(20-8-14-25(35-5)19(3)16-20)29-28(31)27-17-30(24-13-7-18(2)15-26(24)36-27)37(32,33)22-11-9-21(34-4)10-12-22/h7-16,23,27H,6,17H2,1-5H3,(H,29,31)/t23-,27-/m0/s1. The molecule has 0 radical (unpaired) electrons. The minimum atomic E-state index is -3.98. The van der Waals surface area contributed by atoms with Gasteiger partial charge >= 0.3 is 0 Å². The van der Waals surface area contributed by atoms with Crippen LogP contribution in [0.5, 0.6) is 17.2 Å². The predicted octanol–water partition coefficient (Wildman–Crippen LogP) is 4.54. The molecule has 0 aliphatic carbocycles. The van der Waals surface area contributed by atoms with Crippen molar-refractivity contribution in [3.05, 3.63) is 77.4 Å². The Bertz CT molecular complexity index is 1390. The highest BCUT2D eigenvalue weighted by molar-refractivity contribution is 7.92. The van der Waals surface area contributed by atoms with Crippen LogP contribution in [0.4, 0.5) is 5.69 Å². The van der Waals surface area contributed by atoms with E-state index in [9.17, 15) is 13.2 Å². The van der Waals surface area contributed by atoms with Crippen molar-refractivity contribution in [2.45, 2.75) is 44.2 Å². The molecule has 0 saturated heterocycles. The molecule has 3 aromatic carbocycles.